The van der Waals surface area contributed by atoms with Gasteiger partial charge < -0.3 is 5.11 Å². The Bertz CT molecular complexity index is 1140. The highest BCUT2D eigenvalue weighted by molar-refractivity contribution is 7.92. The number of aromatic carboxylic acids is 1. The second kappa shape index (κ2) is 8.34. The van der Waals surface area contributed by atoms with E-state index in [0.717, 1.165) is 16.1 Å². The number of rotatable bonds is 7. The molecule has 152 valence electrons. The molecule has 0 atom stereocenters. The summed E-state index contributed by atoms with van der Waals surface area (Å²) in [6, 6.07) is 12.1. The molecule has 0 saturated heterocycles. The molecule has 3 aromatic rings. The highest BCUT2D eigenvalue weighted by Crippen LogP contribution is 2.31. The lowest BCUT2D eigenvalue weighted by molar-refractivity contribution is 0.0695. The zero-order chi connectivity index (χ0) is 21.2. The topological polar surface area (TPSA) is 87.6 Å². The standard InChI is InChI=1S/C21H22N2O4S2/c1-4-15-10-11-17(12-18(15)21(24)25)29(26,27)23(5-2)19-13-28-20(22-19)16-8-6-14(3)7-9-16/h6-13H,4-5H2,1-3H3,(H,24,25). The third-order valence-corrected chi connectivity index (χ3v) is 7.37. The van der Waals surface area contributed by atoms with E-state index in [9.17, 15) is 18.3 Å². The average molecular weight is 431 g/mol. The van der Waals surface area contributed by atoms with Crippen LogP contribution in [-0.4, -0.2) is 31.0 Å². The molecule has 0 aliphatic heterocycles. The molecule has 6 nitrogen and oxygen atoms in total. The SMILES string of the molecule is CCc1ccc(S(=O)(=O)N(CC)c2csc(-c3ccc(C)cc3)n2)cc1C(=O)O. The number of sulfonamides is 1. The number of hydrogen-bond acceptors (Lipinski definition) is 5. The summed E-state index contributed by atoms with van der Waals surface area (Å²) < 4.78 is 27.7. The molecule has 1 N–H and O–H groups in total. The molecule has 0 amide bonds. The van der Waals surface area contributed by atoms with Gasteiger partial charge in [0, 0.05) is 17.5 Å². The second-order valence-electron chi connectivity index (χ2n) is 6.52. The van der Waals surface area contributed by atoms with Crippen LogP contribution in [0.3, 0.4) is 0 Å². The Morgan fingerprint density at radius 3 is 2.41 bits per heavy atom. The fourth-order valence-corrected chi connectivity index (χ4v) is 5.34. The molecule has 0 spiro atoms. The minimum absolute atomic E-state index is 0.00301. The van der Waals surface area contributed by atoms with Crippen molar-refractivity contribution in [1.82, 2.24) is 4.98 Å². The lowest BCUT2D eigenvalue weighted by Crippen LogP contribution is -2.31. The molecule has 0 aliphatic rings. The maximum absolute atomic E-state index is 13.2. The summed E-state index contributed by atoms with van der Waals surface area (Å²) >= 11 is 1.37. The molecule has 0 fully saturated rings. The number of aryl methyl sites for hydroxylation is 2. The maximum atomic E-state index is 13.2. The Morgan fingerprint density at radius 1 is 1.14 bits per heavy atom. The minimum atomic E-state index is -3.95. The average Bonchev–Trinajstić information content (AvgIpc) is 3.17. The Kier molecular flexibility index (Phi) is 6.04. The summed E-state index contributed by atoms with van der Waals surface area (Å²) in [4.78, 5) is 16.0. The van der Waals surface area contributed by atoms with Crippen LogP contribution in [0.5, 0.6) is 0 Å². The van der Waals surface area contributed by atoms with E-state index in [1.165, 1.54) is 27.8 Å². The first-order valence-electron chi connectivity index (χ1n) is 9.19. The summed E-state index contributed by atoms with van der Waals surface area (Å²) in [5.74, 6) is -0.818. The Morgan fingerprint density at radius 2 is 1.83 bits per heavy atom. The van der Waals surface area contributed by atoms with Crippen molar-refractivity contribution in [2.45, 2.75) is 32.1 Å². The van der Waals surface area contributed by atoms with Crippen LogP contribution in [0.25, 0.3) is 10.6 Å². The molecule has 0 saturated carbocycles. The van der Waals surface area contributed by atoms with Crippen molar-refractivity contribution >= 4 is 33.1 Å². The third kappa shape index (κ3) is 4.18. The van der Waals surface area contributed by atoms with Gasteiger partial charge >= 0.3 is 5.97 Å². The highest BCUT2D eigenvalue weighted by Gasteiger charge is 2.27. The number of nitrogens with zero attached hydrogens (tertiary/aromatic N) is 2. The molecule has 0 unspecified atom stereocenters. The van der Waals surface area contributed by atoms with Crippen LogP contribution in [0, 0.1) is 6.92 Å². The summed E-state index contributed by atoms with van der Waals surface area (Å²) in [6.07, 6.45) is 0.505. The van der Waals surface area contributed by atoms with Crippen LogP contribution < -0.4 is 4.31 Å². The van der Waals surface area contributed by atoms with Gasteiger partial charge in [0.2, 0.25) is 0 Å². The van der Waals surface area contributed by atoms with Gasteiger partial charge in [-0.3, -0.25) is 0 Å². The van der Waals surface area contributed by atoms with E-state index in [4.69, 9.17) is 0 Å². The van der Waals surface area contributed by atoms with Crippen molar-refractivity contribution in [3.8, 4) is 10.6 Å². The van der Waals surface area contributed by atoms with Gasteiger partial charge in [-0.15, -0.1) is 11.3 Å². The maximum Gasteiger partial charge on any atom is 0.336 e. The zero-order valence-corrected chi connectivity index (χ0v) is 18.0. The molecule has 3 rings (SSSR count). The molecule has 29 heavy (non-hydrogen) atoms. The van der Waals surface area contributed by atoms with Gasteiger partial charge in [-0.05, 0) is 38.0 Å². The lowest BCUT2D eigenvalue weighted by atomic mass is 10.1. The van der Waals surface area contributed by atoms with Crippen LogP contribution in [0.4, 0.5) is 5.82 Å². The van der Waals surface area contributed by atoms with Crippen molar-refractivity contribution in [2.24, 2.45) is 0 Å². The van der Waals surface area contributed by atoms with Gasteiger partial charge in [0.05, 0.1) is 10.5 Å². The number of carbonyl (C=O) groups is 1. The third-order valence-electron chi connectivity index (χ3n) is 4.61. The fraction of sp³-hybridized carbons (Fsp3) is 0.238. The van der Waals surface area contributed by atoms with Gasteiger partial charge in [0.25, 0.3) is 10.0 Å². The van der Waals surface area contributed by atoms with Crippen LogP contribution in [0.15, 0.2) is 52.7 Å². The molecule has 0 aliphatic carbocycles. The van der Waals surface area contributed by atoms with Crippen LogP contribution in [0.1, 0.15) is 35.3 Å². The summed E-state index contributed by atoms with van der Waals surface area (Å²) in [5.41, 5.74) is 2.65. The number of aromatic nitrogens is 1. The summed E-state index contributed by atoms with van der Waals surface area (Å²) in [5, 5.41) is 11.9. The van der Waals surface area contributed by atoms with E-state index in [1.807, 2.05) is 38.1 Å². The van der Waals surface area contributed by atoms with Crippen LogP contribution >= 0.6 is 11.3 Å². The molecule has 0 bridgehead atoms. The number of anilines is 1. The monoisotopic (exact) mass is 430 g/mol. The predicted molar refractivity (Wildman–Crippen MR) is 115 cm³/mol. The van der Waals surface area contributed by atoms with Crippen molar-refractivity contribution < 1.29 is 18.3 Å². The van der Waals surface area contributed by atoms with Crippen molar-refractivity contribution in [2.75, 3.05) is 10.8 Å². The van der Waals surface area contributed by atoms with Gasteiger partial charge in [-0.2, -0.15) is 0 Å². The number of thiazole rings is 1. The normalized spacial score (nSPS) is 11.4. The smallest absolute Gasteiger partial charge is 0.336 e. The van der Waals surface area contributed by atoms with Gasteiger partial charge in [0.15, 0.2) is 5.82 Å². The number of carboxylic acid groups (broad SMARTS) is 1. The minimum Gasteiger partial charge on any atom is -0.478 e. The van der Waals surface area contributed by atoms with E-state index in [-0.39, 0.29) is 17.0 Å². The molecular weight excluding hydrogens is 408 g/mol. The van der Waals surface area contributed by atoms with E-state index in [0.29, 0.717) is 17.8 Å². The van der Waals surface area contributed by atoms with Crippen LogP contribution in [-0.2, 0) is 16.4 Å². The van der Waals surface area contributed by atoms with Gasteiger partial charge in [0.1, 0.15) is 5.01 Å². The van der Waals surface area contributed by atoms with Gasteiger partial charge in [-0.1, -0.05) is 42.8 Å². The molecule has 0 radical (unpaired) electrons. The second-order valence-corrected chi connectivity index (χ2v) is 9.24. The quantitative estimate of drug-likeness (QED) is 0.592. The molecule has 2 aromatic carbocycles. The Hall–Kier alpha value is -2.71. The molecular formula is C21H22N2O4S2. The summed E-state index contributed by atoms with van der Waals surface area (Å²) in [7, 11) is -3.95. The molecule has 1 aromatic heterocycles. The van der Waals surface area contributed by atoms with Crippen molar-refractivity contribution in [1.29, 1.82) is 0 Å². The van der Waals surface area contributed by atoms with Crippen LogP contribution in [0.2, 0.25) is 0 Å². The van der Waals surface area contributed by atoms with Crippen molar-refractivity contribution in [3.05, 3.63) is 64.5 Å². The number of hydrogen-bond donors (Lipinski definition) is 1. The highest BCUT2D eigenvalue weighted by atomic mass is 32.2. The number of benzene rings is 2. The fourth-order valence-electron chi connectivity index (χ4n) is 3.01. The predicted octanol–water partition coefficient (Wildman–Crippen LogP) is 4.59. The van der Waals surface area contributed by atoms with E-state index < -0.39 is 16.0 Å². The van der Waals surface area contributed by atoms with E-state index in [1.54, 1.807) is 18.4 Å². The number of carboxylic acids is 1. The Balaban J connectivity index is 2.00. The van der Waals surface area contributed by atoms with Gasteiger partial charge in [-0.25, -0.2) is 22.5 Å². The van der Waals surface area contributed by atoms with E-state index in [2.05, 4.69) is 4.98 Å². The molecule has 1 heterocycles. The molecule has 8 heteroatoms. The first kappa shape index (κ1) is 21.0. The zero-order valence-electron chi connectivity index (χ0n) is 16.4. The Labute approximate surface area is 174 Å². The largest absolute Gasteiger partial charge is 0.478 e. The van der Waals surface area contributed by atoms with E-state index >= 15 is 0 Å². The van der Waals surface area contributed by atoms with Crippen molar-refractivity contribution in [3.63, 3.8) is 0 Å². The lowest BCUT2D eigenvalue weighted by Gasteiger charge is -2.21. The first-order valence-corrected chi connectivity index (χ1v) is 11.5. The summed E-state index contributed by atoms with van der Waals surface area (Å²) in [6.45, 7) is 5.73. The first-order chi connectivity index (χ1) is 13.8.